The van der Waals surface area contributed by atoms with Gasteiger partial charge in [-0.05, 0) is 35.7 Å². The maximum atomic E-state index is 12.6. The fourth-order valence-electron chi connectivity index (χ4n) is 2.19. The van der Waals surface area contributed by atoms with Gasteiger partial charge in [-0.1, -0.05) is 6.07 Å². The van der Waals surface area contributed by atoms with Gasteiger partial charge in [0.05, 0.1) is 15.9 Å². The predicted octanol–water partition coefficient (Wildman–Crippen LogP) is 3.00. The van der Waals surface area contributed by atoms with Crippen molar-refractivity contribution < 1.29 is 9.59 Å². The number of amides is 2. The molecule has 2 heterocycles. The normalized spacial score (nSPS) is 10.7. The molecular weight excluding hydrogens is 286 g/mol. The number of aromatic nitrogens is 1. The third-order valence-electron chi connectivity index (χ3n) is 3.12. The molecule has 3 aromatic rings. The Hall–Kier alpha value is -2.60. The molecule has 0 aliphatic rings. The van der Waals surface area contributed by atoms with E-state index in [4.69, 9.17) is 5.73 Å². The molecule has 0 unspecified atom stereocenters. The molecule has 0 atom stereocenters. The minimum atomic E-state index is -0.392. The second-order valence-electron chi connectivity index (χ2n) is 4.64. The van der Waals surface area contributed by atoms with Gasteiger partial charge in [0.25, 0.3) is 5.91 Å². The van der Waals surface area contributed by atoms with Gasteiger partial charge in [-0.15, -0.1) is 11.3 Å². The highest BCUT2D eigenvalue weighted by molar-refractivity contribution is 7.17. The smallest absolute Gasteiger partial charge is 0.281 e. The minimum absolute atomic E-state index is 0.358. The zero-order valence-electron chi connectivity index (χ0n) is 11.3. The lowest BCUT2D eigenvalue weighted by Crippen LogP contribution is -2.35. The number of nitrogen functional groups attached to an aromatic ring is 1. The molecule has 2 aromatic heterocycles. The van der Waals surface area contributed by atoms with Crippen LogP contribution in [0.15, 0.2) is 41.8 Å². The van der Waals surface area contributed by atoms with Crippen LogP contribution >= 0.6 is 11.3 Å². The number of H-pyrrole nitrogens is 1. The molecular formula is C15H13N3O2S. The third-order valence-corrected chi connectivity index (χ3v) is 3.98. The summed E-state index contributed by atoms with van der Waals surface area (Å²) >= 11 is 1.54. The summed E-state index contributed by atoms with van der Waals surface area (Å²) in [6.45, 7) is 1.35. The number of rotatable bonds is 2. The molecule has 0 saturated carbocycles. The first-order chi connectivity index (χ1) is 10.1. The zero-order chi connectivity index (χ0) is 15.0. The van der Waals surface area contributed by atoms with Crippen LogP contribution in [0.5, 0.6) is 0 Å². The maximum absolute atomic E-state index is 12.6. The van der Waals surface area contributed by atoms with Crippen LogP contribution in [0, 0.1) is 0 Å². The van der Waals surface area contributed by atoms with E-state index in [1.54, 1.807) is 30.3 Å². The highest BCUT2D eigenvalue weighted by Gasteiger charge is 2.23. The number of hydrogen-bond donors (Lipinski definition) is 2. The van der Waals surface area contributed by atoms with Crippen molar-refractivity contribution in [2.24, 2.45) is 0 Å². The number of carbonyl (C=O) groups excluding carboxylic acids is 2. The molecule has 21 heavy (non-hydrogen) atoms. The number of benzene rings is 1. The Bertz CT molecular complexity index is 806. The Morgan fingerprint density at radius 2 is 2.05 bits per heavy atom. The maximum Gasteiger partial charge on any atom is 0.281 e. The highest BCUT2D eigenvalue weighted by atomic mass is 32.1. The number of imide groups is 1. The number of nitrogens with one attached hydrogen (secondary N) is 1. The van der Waals surface area contributed by atoms with Crippen LogP contribution in [0.2, 0.25) is 0 Å². The monoisotopic (exact) mass is 299 g/mol. The summed E-state index contributed by atoms with van der Waals surface area (Å²) in [5, 5.41) is 1.94. The number of nitrogens with zero attached hydrogens (tertiary/aromatic N) is 1. The number of anilines is 2. The molecule has 106 valence electrons. The topological polar surface area (TPSA) is 79.2 Å². The van der Waals surface area contributed by atoms with E-state index in [1.165, 1.54) is 18.3 Å². The molecule has 6 heteroatoms. The molecule has 0 radical (unpaired) electrons. The summed E-state index contributed by atoms with van der Waals surface area (Å²) in [6, 6.07) is 10.4. The predicted molar refractivity (Wildman–Crippen MR) is 84.5 cm³/mol. The van der Waals surface area contributed by atoms with Gasteiger partial charge in [0.2, 0.25) is 5.91 Å². The summed E-state index contributed by atoms with van der Waals surface area (Å²) in [6.07, 6.45) is 0. The standard InChI is InChI=1S/C15H13N3O2S/c1-9(19)18(11-4-2-3-10(16)7-11)15(20)13-8-14-12(17-13)5-6-21-14/h2-8,17H,16H2,1H3. The van der Waals surface area contributed by atoms with Gasteiger partial charge in [-0.3, -0.25) is 9.59 Å². The molecule has 0 fully saturated rings. The van der Waals surface area contributed by atoms with E-state index in [2.05, 4.69) is 4.98 Å². The SMILES string of the molecule is CC(=O)N(C(=O)c1cc2sccc2[nH]1)c1cccc(N)c1. The molecule has 3 rings (SSSR count). The summed E-state index contributed by atoms with van der Waals surface area (Å²) < 4.78 is 0.981. The number of nitrogens with two attached hydrogens (primary N) is 1. The first-order valence-corrected chi connectivity index (χ1v) is 7.21. The average Bonchev–Trinajstić information content (AvgIpc) is 2.98. The van der Waals surface area contributed by atoms with Crippen molar-refractivity contribution in [3.63, 3.8) is 0 Å². The number of fused-ring (bicyclic) bond motifs is 1. The molecule has 1 aromatic carbocycles. The van der Waals surface area contributed by atoms with Crippen LogP contribution in [0.1, 0.15) is 17.4 Å². The van der Waals surface area contributed by atoms with E-state index in [9.17, 15) is 9.59 Å². The van der Waals surface area contributed by atoms with Crippen LogP contribution in [-0.2, 0) is 4.79 Å². The molecule has 3 N–H and O–H groups in total. The molecule has 0 spiro atoms. The van der Waals surface area contributed by atoms with Crippen molar-refractivity contribution in [1.29, 1.82) is 0 Å². The van der Waals surface area contributed by atoms with Gasteiger partial charge >= 0.3 is 0 Å². The summed E-state index contributed by atoms with van der Waals surface area (Å²) in [5.41, 5.74) is 7.96. The largest absolute Gasteiger partial charge is 0.399 e. The average molecular weight is 299 g/mol. The summed E-state index contributed by atoms with van der Waals surface area (Å²) in [5.74, 6) is -0.750. The van der Waals surface area contributed by atoms with Gasteiger partial charge in [0, 0.05) is 12.6 Å². The van der Waals surface area contributed by atoms with Crippen LogP contribution in [0.3, 0.4) is 0 Å². The van der Waals surface area contributed by atoms with Gasteiger partial charge in [0.15, 0.2) is 0 Å². The molecule has 0 aliphatic carbocycles. The lowest BCUT2D eigenvalue weighted by atomic mass is 10.2. The summed E-state index contributed by atoms with van der Waals surface area (Å²) in [4.78, 5) is 28.6. The zero-order valence-corrected chi connectivity index (χ0v) is 12.1. The Labute approximate surface area is 125 Å². The number of hydrogen-bond acceptors (Lipinski definition) is 4. The van der Waals surface area contributed by atoms with E-state index in [1.807, 2.05) is 11.4 Å². The molecule has 0 aliphatic heterocycles. The Kier molecular flexibility index (Phi) is 3.23. The van der Waals surface area contributed by atoms with Gasteiger partial charge in [-0.2, -0.15) is 0 Å². The second-order valence-corrected chi connectivity index (χ2v) is 5.58. The lowest BCUT2D eigenvalue weighted by molar-refractivity contribution is -0.115. The number of carbonyl (C=O) groups is 2. The number of aromatic amines is 1. The van der Waals surface area contributed by atoms with Crippen LogP contribution in [-0.4, -0.2) is 16.8 Å². The molecule has 2 amide bonds. The molecule has 0 bridgehead atoms. The second kappa shape index (κ2) is 5.06. The molecule has 0 saturated heterocycles. The van der Waals surface area contributed by atoms with Crippen LogP contribution in [0.25, 0.3) is 10.2 Å². The quantitative estimate of drug-likeness (QED) is 0.714. The van der Waals surface area contributed by atoms with Crippen molar-refractivity contribution in [3.8, 4) is 0 Å². The molecule has 5 nitrogen and oxygen atoms in total. The fraction of sp³-hybridized carbons (Fsp3) is 0.0667. The van der Waals surface area contributed by atoms with Crippen LogP contribution < -0.4 is 10.6 Å². The van der Waals surface area contributed by atoms with E-state index in [-0.39, 0.29) is 5.91 Å². The fourth-order valence-corrected chi connectivity index (χ4v) is 2.97. The Morgan fingerprint density at radius 1 is 1.24 bits per heavy atom. The van der Waals surface area contributed by atoms with Crippen molar-refractivity contribution in [1.82, 2.24) is 4.98 Å². The first-order valence-electron chi connectivity index (χ1n) is 6.33. The minimum Gasteiger partial charge on any atom is -0.399 e. The van der Waals surface area contributed by atoms with Gasteiger partial charge < -0.3 is 10.7 Å². The van der Waals surface area contributed by atoms with Gasteiger partial charge in [0.1, 0.15) is 5.69 Å². The number of thiophene rings is 1. The first kappa shape index (κ1) is 13.4. The third kappa shape index (κ3) is 2.41. The van der Waals surface area contributed by atoms with E-state index in [0.29, 0.717) is 17.1 Å². The van der Waals surface area contributed by atoms with Gasteiger partial charge in [-0.25, -0.2) is 4.90 Å². The van der Waals surface area contributed by atoms with Crippen molar-refractivity contribution in [2.45, 2.75) is 6.92 Å². The van der Waals surface area contributed by atoms with E-state index < -0.39 is 5.91 Å². The summed E-state index contributed by atoms with van der Waals surface area (Å²) in [7, 11) is 0. The Morgan fingerprint density at radius 3 is 2.71 bits per heavy atom. The van der Waals surface area contributed by atoms with E-state index >= 15 is 0 Å². The van der Waals surface area contributed by atoms with Crippen molar-refractivity contribution in [3.05, 3.63) is 47.5 Å². The highest BCUT2D eigenvalue weighted by Crippen LogP contribution is 2.24. The van der Waals surface area contributed by atoms with Crippen LogP contribution in [0.4, 0.5) is 11.4 Å². The van der Waals surface area contributed by atoms with Crippen molar-refractivity contribution in [2.75, 3.05) is 10.6 Å². The lowest BCUT2D eigenvalue weighted by Gasteiger charge is -2.18. The van der Waals surface area contributed by atoms with Crippen molar-refractivity contribution >= 4 is 44.7 Å². The van der Waals surface area contributed by atoms with E-state index in [0.717, 1.165) is 15.1 Å². The Balaban J connectivity index is 2.02.